The van der Waals surface area contributed by atoms with Crippen LogP contribution in [0.15, 0.2) is 12.4 Å². The highest BCUT2D eigenvalue weighted by molar-refractivity contribution is 5.74. The monoisotopic (exact) mass is 277 g/mol. The molecule has 0 aromatic carbocycles. The Labute approximate surface area is 119 Å². The van der Waals surface area contributed by atoms with Crippen molar-refractivity contribution in [2.45, 2.75) is 50.6 Å². The summed E-state index contributed by atoms with van der Waals surface area (Å²) in [6.45, 7) is 0.809. The molecule has 0 amide bonds. The molecule has 1 aromatic rings. The topological polar surface area (TPSA) is 58.4 Å². The van der Waals surface area contributed by atoms with E-state index in [2.05, 4.69) is 9.88 Å². The lowest BCUT2D eigenvalue weighted by atomic mass is 9.85. The fourth-order valence-electron chi connectivity index (χ4n) is 3.98. The van der Waals surface area contributed by atoms with E-state index in [0.29, 0.717) is 12.0 Å². The lowest BCUT2D eigenvalue weighted by molar-refractivity contribution is -0.142. The number of hydrogen-bond donors (Lipinski definition) is 1. The molecule has 1 aromatic heterocycles. The van der Waals surface area contributed by atoms with E-state index in [1.807, 2.05) is 17.8 Å². The minimum atomic E-state index is -0.653. The summed E-state index contributed by atoms with van der Waals surface area (Å²) in [7, 11) is 1.99. The maximum absolute atomic E-state index is 11.5. The van der Waals surface area contributed by atoms with Gasteiger partial charge in [-0.3, -0.25) is 9.69 Å². The number of carboxylic acids is 1. The summed E-state index contributed by atoms with van der Waals surface area (Å²) in [4.78, 5) is 18.1. The largest absolute Gasteiger partial charge is 0.480 e. The SMILES string of the molecule is Cn1ccnc1CCN1C(C(=O)O)CC2CCCCC21. The van der Waals surface area contributed by atoms with E-state index in [1.54, 1.807) is 6.20 Å². The molecule has 3 rings (SSSR count). The van der Waals surface area contributed by atoms with Crippen molar-refractivity contribution in [1.82, 2.24) is 14.5 Å². The van der Waals surface area contributed by atoms with Gasteiger partial charge in [0.25, 0.3) is 0 Å². The molecule has 1 N–H and O–H groups in total. The molecule has 20 heavy (non-hydrogen) atoms. The number of aliphatic carboxylic acids is 1. The lowest BCUT2D eigenvalue weighted by Gasteiger charge is -2.32. The van der Waals surface area contributed by atoms with Crippen LogP contribution in [0, 0.1) is 5.92 Å². The van der Waals surface area contributed by atoms with Crippen LogP contribution in [-0.2, 0) is 18.3 Å². The van der Waals surface area contributed by atoms with Crippen molar-refractivity contribution in [2.75, 3.05) is 6.54 Å². The van der Waals surface area contributed by atoms with E-state index in [-0.39, 0.29) is 6.04 Å². The summed E-state index contributed by atoms with van der Waals surface area (Å²) in [6, 6.07) is 0.188. The first kappa shape index (κ1) is 13.6. The van der Waals surface area contributed by atoms with Gasteiger partial charge in [0.2, 0.25) is 0 Å². The van der Waals surface area contributed by atoms with Gasteiger partial charge >= 0.3 is 5.97 Å². The first-order valence-corrected chi connectivity index (χ1v) is 7.61. The molecule has 1 aliphatic carbocycles. The van der Waals surface area contributed by atoms with Gasteiger partial charge in [-0.1, -0.05) is 12.8 Å². The number of aromatic nitrogens is 2. The number of fused-ring (bicyclic) bond motifs is 1. The Morgan fingerprint density at radius 2 is 2.25 bits per heavy atom. The van der Waals surface area contributed by atoms with Crippen molar-refractivity contribution in [2.24, 2.45) is 13.0 Å². The summed E-state index contributed by atoms with van der Waals surface area (Å²) in [5, 5.41) is 9.48. The van der Waals surface area contributed by atoms with Gasteiger partial charge in [0.1, 0.15) is 11.9 Å². The third kappa shape index (κ3) is 2.46. The first-order chi connectivity index (χ1) is 9.66. The summed E-state index contributed by atoms with van der Waals surface area (Å²) >= 11 is 0. The number of nitrogens with zero attached hydrogens (tertiary/aromatic N) is 3. The molecule has 110 valence electrons. The van der Waals surface area contributed by atoms with Crippen LogP contribution in [0.1, 0.15) is 37.9 Å². The van der Waals surface area contributed by atoms with Crippen molar-refractivity contribution >= 4 is 5.97 Å². The molecule has 2 aliphatic rings. The van der Waals surface area contributed by atoms with Crippen LogP contribution >= 0.6 is 0 Å². The maximum atomic E-state index is 11.5. The van der Waals surface area contributed by atoms with Gasteiger partial charge in [0.15, 0.2) is 0 Å². The van der Waals surface area contributed by atoms with Gasteiger partial charge in [-0.15, -0.1) is 0 Å². The molecule has 0 radical (unpaired) electrons. The molecule has 3 atom stereocenters. The molecule has 2 fully saturated rings. The number of aryl methyl sites for hydroxylation is 1. The average Bonchev–Trinajstić information content (AvgIpc) is 3.00. The van der Waals surface area contributed by atoms with Crippen molar-refractivity contribution in [3.8, 4) is 0 Å². The van der Waals surface area contributed by atoms with E-state index in [9.17, 15) is 9.90 Å². The van der Waals surface area contributed by atoms with Gasteiger partial charge in [0.05, 0.1) is 0 Å². The number of rotatable bonds is 4. The van der Waals surface area contributed by atoms with Crippen LogP contribution in [0.2, 0.25) is 0 Å². The van der Waals surface area contributed by atoms with E-state index in [1.165, 1.54) is 19.3 Å². The third-order valence-corrected chi connectivity index (χ3v) is 5.02. The molecule has 5 heteroatoms. The number of imidazole rings is 1. The van der Waals surface area contributed by atoms with Gasteiger partial charge in [-0.2, -0.15) is 0 Å². The third-order valence-electron chi connectivity index (χ3n) is 5.02. The van der Waals surface area contributed by atoms with Crippen LogP contribution in [0.25, 0.3) is 0 Å². The first-order valence-electron chi connectivity index (χ1n) is 7.61. The van der Waals surface area contributed by atoms with Gasteiger partial charge < -0.3 is 9.67 Å². The molecule has 1 saturated carbocycles. The Balaban J connectivity index is 1.71. The number of likely N-dealkylation sites (tertiary alicyclic amines) is 1. The van der Waals surface area contributed by atoms with Crippen LogP contribution in [0.4, 0.5) is 0 Å². The van der Waals surface area contributed by atoms with Crippen LogP contribution in [-0.4, -0.2) is 44.2 Å². The van der Waals surface area contributed by atoms with Crippen molar-refractivity contribution in [3.05, 3.63) is 18.2 Å². The van der Waals surface area contributed by atoms with Gasteiger partial charge in [-0.05, 0) is 25.2 Å². The Morgan fingerprint density at radius 3 is 2.95 bits per heavy atom. The van der Waals surface area contributed by atoms with Crippen LogP contribution in [0.5, 0.6) is 0 Å². The summed E-state index contributed by atoms with van der Waals surface area (Å²) in [5.74, 6) is 0.971. The minimum absolute atomic E-state index is 0.289. The zero-order chi connectivity index (χ0) is 14.1. The molecule has 2 heterocycles. The van der Waals surface area contributed by atoms with Crippen molar-refractivity contribution in [3.63, 3.8) is 0 Å². The predicted octanol–water partition coefficient (Wildman–Crippen LogP) is 1.68. The Kier molecular flexibility index (Phi) is 3.78. The normalized spacial score (nSPS) is 30.4. The van der Waals surface area contributed by atoms with Crippen LogP contribution < -0.4 is 0 Å². The van der Waals surface area contributed by atoms with Crippen LogP contribution in [0.3, 0.4) is 0 Å². The van der Waals surface area contributed by atoms with E-state index in [4.69, 9.17) is 0 Å². The number of carboxylic acid groups (broad SMARTS) is 1. The molecule has 0 spiro atoms. The van der Waals surface area contributed by atoms with Crippen molar-refractivity contribution in [1.29, 1.82) is 0 Å². The standard InChI is InChI=1S/C15H23N3O2/c1-17-9-7-16-14(17)6-8-18-12-5-3-2-4-11(12)10-13(18)15(19)20/h7,9,11-13H,2-6,8,10H2,1H3,(H,19,20). The fraction of sp³-hybridized carbons (Fsp3) is 0.733. The number of carbonyl (C=O) groups is 1. The molecule has 1 aliphatic heterocycles. The second-order valence-electron chi connectivity index (χ2n) is 6.14. The molecular weight excluding hydrogens is 254 g/mol. The zero-order valence-electron chi connectivity index (χ0n) is 12.0. The fourth-order valence-corrected chi connectivity index (χ4v) is 3.98. The Morgan fingerprint density at radius 1 is 1.45 bits per heavy atom. The van der Waals surface area contributed by atoms with E-state index in [0.717, 1.165) is 31.6 Å². The van der Waals surface area contributed by atoms with E-state index >= 15 is 0 Å². The molecular formula is C15H23N3O2. The lowest BCUT2D eigenvalue weighted by Crippen LogP contribution is -2.43. The quantitative estimate of drug-likeness (QED) is 0.909. The highest BCUT2D eigenvalue weighted by Gasteiger charge is 2.44. The maximum Gasteiger partial charge on any atom is 0.320 e. The highest BCUT2D eigenvalue weighted by Crippen LogP contribution is 2.39. The summed E-state index contributed by atoms with van der Waals surface area (Å²) < 4.78 is 2.02. The summed E-state index contributed by atoms with van der Waals surface area (Å²) in [6.07, 6.45) is 10.3. The molecule has 5 nitrogen and oxygen atoms in total. The minimum Gasteiger partial charge on any atom is -0.480 e. The van der Waals surface area contributed by atoms with Gasteiger partial charge in [0, 0.05) is 38.4 Å². The average molecular weight is 277 g/mol. The zero-order valence-corrected chi connectivity index (χ0v) is 12.0. The Hall–Kier alpha value is -1.36. The molecule has 1 saturated heterocycles. The predicted molar refractivity (Wildman–Crippen MR) is 75.4 cm³/mol. The highest BCUT2D eigenvalue weighted by atomic mass is 16.4. The van der Waals surface area contributed by atoms with Gasteiger partial charge in [-0.25, -0.2) is 4.98 Å². The number of hydrogen-bond acceptors (Lipinski definition) is 3. The molecule has 3 unspecified atom stereocenters. The smallest absolute Gasteiger partial charge is 0.320 e. The van der Waals surface area contributed by atoms with Crippen molar-refractivity contribution < 1.29 is 9.90 Å². The second-order valence-corrected chi connectivity index (χ2v) is 6.14. The summed E-state index contributed by atoms with van der Waals surface area (Å²) in [5.41, 5.74) is 0. The molecule has 0 bridgehead atoms. The van der Waals surface area contributed by atoms with E-state index < -0.39 is 5.97 Å². The Bertz CT molecular complexity index is 485. The second kappa shape index (κ2) is 5.56.